The first kappa shape index (κ1) is 31.6. The predicted molar refractivity (Wildman–Crippen MR) is 172 cm³/mol. The number of rotatable bonds is 10. The van der Waals surface area contributed by atoms with Gasteiger partial charge in [-0.2, -0.15) is 20.2 Å². The fraction of sp³-hybridized carbons (Fsp3) is 0.581. The molecule has 3 fully saturated rings. The summed E-state index contributed by atoms with van der Waals surface area (Å²) in [5.74, 6) is 1.08. The molecule has 12 nitrogen and oxygen atoms in total. The van der Waals surface area contributed by atoms with Gasteiger partial charge >= 0.3 is 6.01 Å². The van der Waals surface area contributed by atoms with E-state index < -0.39 is 30.2 Å². The molecule has 0 aromatic carbocycles. The molecule has 250 valence electrons. The van der Waals surface area contributed by atoms with Crippen molar-refractivity contribution in [2.24, 2.45) is 0 Å². The van der Waals surface area contributed by atoms with Gasteiger partial charge in [0.1, 0.15) is 29.7 Å². The van der Waals surface area contributed by atoms with Crippen LogP contribution in [0.2, 0.25) is 0 Å². The number of nitrogen functional groups attached to an aromatic ring is 2. The number of alkyl halides is 3. The van der Waals surface area contributed by atoms with Gasteiger partial charge < -0.3 is 26.0 Å². The van der Waals surface area contributed by atoms with E-state index in [0.29, 0.717) is 54.3 Å². The van der Waals surface area contributed by atoms with Crippen LogP contribution in [0, 0.1) is 11.3 Å². The molecule has 4 N–H and O–H groups in total. The fourth-order valence-electron chi connectivity index (χ4n) is 8.04. The molecule has 3 saturated heterocycles. The quantitative estimate of drug-likeness (QED) is 0.324. The molecule has 16 heteroatoms. The normalized spacial score (nSPS) is 23.9. The van der Waals surface area contributed by atoms with Crippen LogP contribution < -0.4 is 26.0 Å². The van der Waals surface area contributed by atoms with Crippen LogP contribution >= 0.6 is 11.3 Å². The van der Waals surface area contributed by atoms with E-state index in [9.17, 15) is 18.4 Å². The van der Waals surface area contributed by atoms with Crippen molar-refractivity contribution < 1.29 is 17.9 Å². The summed E-state index contributed by atoms with van der Waals surface area (Å²) in [6.07, 6.45) is 0.392. The maximum atomic E-state index is 14.5. The van der Waals surface area contributed by atoms with Crippen LogP contribution in [0.5, 0.6) is 6.01 Å². The van der Waals surface area contributed by atoms with Crippen molar-refractivity contribution in [2.75, 3.05) is 67.1 Å². The van der Waals surface area contributed by atoms with Gasteiger partial charge in [0, 0.05) is 61.3 Å². The smallest absolute Gasteiger partial charge is 0.323 e. The molecule has 0 unspecified atom stereocenters. The minimum Gasteiger partial charge on any atom is -0.461 e. The Morgan fingerprint density at radius 1 is 1.26 bits per heavy atom. The van der Waals surface area contributed by atoms with Crippen molar-refractivity contribution in [2.45, 2.75) is 69.4 Å². The van der Waals surface area contributed by atoms with Gasteiger partial charge in [-0.05, 0) is 39.3 Å². The van der Waals surface area contributed by atoms with Gasteiger partial charge in [-0.25, -0.2) is 18.2 Å². The molecule has 0 aliphatic carbocycles. The lowest BCUT2D eigenvalue weighted by Crippen LogP contribution is -2.66. The number of hydrogen-bond donors (Lipinski definition) is 2. The summed E-state index contributed by atoms with van der Waals surface area (Å²) in [5.41, 5.74) is 13.1. The van der Waals surface area contributed by atoms with Crippen LogP contribution in [0.4, 0.5) is 35.9 Å². The number of nitrogens with zero attached hydrogens (tertiary/aromatic N) is 9. The Balaban J connectivity index is 1.23. The lowest BCUT2D eigenvalue weighted by Gasteiger charge is -2.53. The van der Waals surface area contributed by atoms with E-state index in [1.54, 1.807) is 11.1 Å². The maximum absolute atomic E-state index is 14.5. The summed E-state index contributed by atoms with van der Waals surface area (Å²) in [6.45, 7) is 6.37. The Kier molecular flexibility index (Phi) is 8.04. The van der Waals surface area contributed by atoms with Crippen LogP contribution in [0.3, 0.4) is 0 Å². The number of thiophene rings is 1. The molecule has 4 aliphatic heterocycles. The van der Waals surface area contributed by atoms with Gasteiger partial charge in [0.05, 0.1) is 29.2 Å². The zero-order valence-electron chi connectivity index (χ0n) is 26.4. The monoisotopic (exact) mass is 669 g/mol. The Morgan fingerprint density at radius 2 is 2.06 bits per heavy atom. The summed E-state index contributed by atoms with van der Waals surface area (Å²) < 4.78 is 48.4. The van der Waals surface area contributed by atoms with Crippen LogP contribution in [0.1, 0.15) is 60.7 Å². The summed E-state index contributed by atoms with van der Waals surface area (Å²) >= 11 is 1.28. The molecule has 0 amide bonds. The zero-order chi connectivity index (χ0) is 33.1. The summed E-state index contributed by atoms with van der Waals surface area (Å²) in [7, 11) is 0. The largest absolute Gasteiger partial charge is 0.461 e. The summed E-state index contributed by atoms with van der Waals surface area (Å²) in [6, 6.07) is 5.78. The Bertz CT molecular complexity index is 1700. The second-order valence-corrected chi connectivity index (χ2v) is 14.1. The van der Waals surface area contributed by atoms with E-state index in [1.807, 2.05) is 35.8 Å². The summed E-state index contributed by atoms with van der Waals surface area (Å²) in [5, 5.41) is 10.3. The van der Waals surface area contributed by atoms with Crippen molar-refractivity contribution in [3.63, 3.8) is 0 Å². The topological polar surface area (TPSA) is 150 Å². The molecule has 0 saturated carbocycles. The Morgan fingerprint density at radius 3 is 2.79 bits per heavy atom. The molecule has 1 spiro atoms. The van der Waals surface area contributed by atoms with E-state index in [2.05, 4.69) is 16.0 Å². The first-order valence-electron chi connectivity index (χ1n) is 15.9. The Hall–Kier alpha value is -3.94. The minimum atomic E-state index is -2.55. The van der Waals surface area contributed by atoms with E-state index in [1.165, 1.54) is 11.3 Å². The third-order valence-electron chi connectivity index (χ3n) is 10.3. The molecule has 7 heterocycles. The second kappa shape index (κ2) is 11.9. The second-order valence-electron chi connectivity index (χ2n) is 12.9. The van der Waals surface area contributed by atoms with Crippen LogP contribution in [0.15, 0.2) is 18.3 Å². The molecule has 3 aromatic heterocycles. The van der Waals surface area contributed by atoms with Gasteiger partial charge in [-0.1, -0.05) is 6.07 Å². The number of hydrogen-bond acceptors (Lipinski definition) is 13. The number of halogens is 3. The van der Waals surface area contributed by atoms with E-state index in [4.69, 9.17) is 31.2 Å². The molecular formula is C31H38F3N11OS. The van der Waals surface area contributed by atoms with Gasteiger partial charge in [-0.3, -0.25) is 9.80 Å². The highest BCUT2D eigenvalue weighted by molar-refractivity contribution is 7.16. The highest BCUT2D eigenvalue weighted by Crippen LogP contribution is 2.52. The van der Waals surface area contributed by atoms with Crippen LogP contribution in [-0.2, 0) is 12.1 Å². The third-order valence-corrected chi connectivity index (χ3v) is 11.3. The predicted octanol–water partition coefficient (Wildman–Crippen LogP) is 3.70. The first-order chi connectivity index (χ1) is 22.6. The molecule has 3 atom stereocenters. The molecule has 0 bridgehead atoms. The maximum Gasteiger partial charge on any atom is 0.323 e. The Labute approximate surface area is 275 Å². The number of pyridine rings is 1. The zero-order valence-corrected chi connectivity index (χ0v) is 27.2. The highest BCUT2D eigenvalue weighted by atomic mass is 32.1. The third kappa shape index (κ3) is 5.28. The lowest BCUT2D eigenvalue weighted by molar-refractivity contribution is 0.00786. The van der Waals surface area contributed by atoms with Gasteiger partial charge in [0.2, 0.25) is 11.9 Å². The molecular weight excluding hydrogens is 631 g/mol. The molecule has 47 heavy (non-hydrogen) atoms. The minimum absolute atomic E-state index is 0.105. The lowest BCUT2D eigenvalue weighted by atomic mass is 9.81. The number of nitriles is 1. The SMILES string of the molecule is CCN(c1nc(OC[C@@]23CCCN2C[C@H](F)C3)nc(N2CC3(C2)c2c(sc(N)c2C#N)CN3CC(F)F)n1)[C@H](C)c1cccnc1N. The average Bonchev–Trinajstić information content (AvgIpc) is 3.72. The van der Waals surface area contributed by atoms with Gasteiger partial charge in [0.25, 0.3) is 6.43 Å². The fourth-order valence-corrected chi connectivity index (χ4v) is 9.17. The van der Waals surface area contributed by atoms with Crippen molar-refractivity contribution >= 4 is 34.1 Å². The number of aromatic nitrogens is 4. The standard InChI is InChI=1S/C31H38F3N11OS/c1-3-45(18(2)20-6-4-8-38-25(20)36)28-39-27(40-29(41-28)46-17-30-7-5-9-43(30)12-19(32)10-30)42-15-31(16-42)24-21(11-35)26(37)47-22(24)13-44(31)14-23(33)34/h4,6,8,18-19,23H,3,5,7,9-10,12-17,37H2,1-2H3,(H2,36,38)/t18-,19-,30+/m1/s1. The number of ether oxygens (including phenoxy) is 1. The average molecular weight is 670 g/mol. The number of fused-ring (bicyclic) bond motifs is 3. The van der Waals surface area contributed by atoms with Crippen LogP contribution in [-0.4, -0.2) is 93.7 Å². The van der Waals surface area contributed by atoms with E-state index in [0.717, 1.165) is 35.4 Å². The van der Waals surface area contributed by atoms with Crippen molar-refractivity contribution in [1.82, 2.24) is 29.7 Å². The van der Waals surface area contributed by atoms with E-state index >= 15 is 0 Å². The van der Waals surface area contributed by atoms with Crippen molar-refractivity contribution in [3.05, 3.63) is 39.9 Å². The van der Waals surface area contributed by atoms with Gasteiger partial charge in [0.15, 0.2) is 0 Å². The molecule has 4 aliphatic rings. The molecule has 0 radical (unpaired) electrons. The molecule has 7 rings (SSSR count). The number of anilines is 4. The highest BCUT2D eigenvalue weighted by Gasteiger charge is 2.57. The van der Waals surface area contributed by atoms with Crippen LogP contribution in [0.25, 0.3) is 0 Å². The first-order valence-corrected chi connectivity index (χ1v) is 16.7. The molecule has 3 aromatic rings. The van der Waals surface area contributed by atoms with E-state index in [-0.39, 0.29) is 31.7 Å². The van der Waals surface area contributed by atoms with Gasteiger partial charge in [-0.15, -0.1) is 11.3 Å². The number of nitrogens with two attached hydrogens (primary N) is 2. The van der Waals surface area contributed by atoms with Crippen molar-refractivity contribution in [1.29, 1.82) is 5.26 Å². The van der Waals surface area contributed by atoms with Crippen molar-refractivity contribution in [3.8, 4) is 12.1 Å². The summed E-state index contributed by atoms with van der Waals surface area (Å²) in [4.78, 5) is 27.2.